The van der Waals surface area contributed by atoms with Gasteiger partial charge in [0.15, 0.2) is 15.8 Å². The number of guanidine groups is 1. The van der Waals surface area contributed by atoms with Gasteiger partial charge in [0.1, 0.15) is 5.75 Å². The zero-order valence-corrected chi connectivity index (χ0v) is 17.7. The highest BCUT2D eigenvalue weighted by atomic mass is 35.5. The molecule has 1 saturated heterocycles. The number of rotatable bonds is 8. The molecule has 8 nitrogen and oxygen atoms in total. The van der Waals surface area contributed by atoms with Crippen molar-refractivity contribution in [2.24, 2.45) is 4.99 Å². The number of benzene rings is 1. The number of aliphatic imine (C=N–C) groups is 1. The number of amides is 1. The molecule has 2 rings (SSSR count). The minimum absolute atomic E-state index is 0.0311. The minimum Gasteiger partial charge on any atom is -0.497 e. The van der Waals surface area contributed by atoms with Gasteiger partial charge in [-0.05, 0) is 30.5 Å². The van der Waals surface area contributed by atoms with Crippen LogP contribution in [0.4, 0.5) is 0 Å². The third-order valence-corrected chi connectivity index (χ3v) is 6.53. The van der Waals surface area contributed by atoms with Crippen LogP contribution in [0.5, 0.6) is 5.75 Å². The fourth-order valence-corrected chi connectivity index (χ4v) is 4.84. The largest absolute Gasteiger partial charge is 0.497 e. The van der Waals surface area contributed by atoms with E-state index in [2.05, 4.69) is 20.9 Å². The van der Waals surface area contributed by atoms with Gasteiger partial charge in [-0.15, -0.1) is 0 Å². The van der Waals surface area contributed by atoms with Crippen LogP contribution in [0.3, 0.4) is 0 Å². The highest BCUT2D eigenvalue weighted by molar-refractivity contribution is 7.91. The molecule has 0 aromatic heterocycles. The van der Waals surface area contributed by atoms with Crippen LogP contribution in [0.15, 0.2) is 23.2 Å². The number of hydrogen-bond acceptors (Lipinski definition) is 5. The summed E-state index contributed by atoms with van der Waals surface area (Å²) in [6.07, 6.45) is 1.43. The van der Waals surface area contributed by atoms with Gasteiger partial charge in [-0.1, -0.05) is 17.7 Å². The summed E-state index contributed by atoms with van der Waals surface area (Å²) < 4.78 is 28.0. The summed E-state index contributed by atoms with van der Waals surface area (Å²) in [6.45, 7) is 1.02. The summed E-state index contributed by atoms with van der Waals surface area (Å²) in [6, 6.07) is 5.29. The number of ether oxygens (including phenoxy) is 1. The molecule has 1 aliphatic rings. The highest BCUT2D eigenvalue weighted by Gasteiger charge is 2.28. The molecule has 0 saturated carbocycles. The molecule has 1 atom stereocenters. The Morgan fingerprint density at radius 2 is 2.07 bits per heavy atom. The van der Waals surface area contributed by atoms with Gasteiger partial charge in [-0.2, -0.15) is 0 Å². The first-order chi connectivity index (χ1) is 13.3. The molecule has 1 fully saturated rings. The third kappa shape index (κ3) is 7.20. The van der Waals surface area contributed by atoms with Crippen LogP contribution in [-0.2, 0) is 21.1 Å². The smallest absolute Gasteiger partial charge is 0.222 e. The molecule has 1 heterocycles. The summed E-state index contributed by atoms with van der Waals surface area (Å²) in [5, 5.41) is 9.65. The van der Waals surface area contributed by atoms with Gasteiger partial charge in [-0.25, -0.2) is 8.42 Å². The molecule has 1 amide bonds. The van der Waals surface area contributed by atoms with Crippen molar-refractivity contribution in [2.45, 2.75) is 25.3 Å². The number of sulfone groups is 1. The van der Waals surface area contributed by atoms with Crippen molar-refractivity contribution in [3.05, 3.63) is 28.8 Å². The second-order valence-electron chi connectivity index (χ2n) is 6.55. The van der Waals surface area contributed by atoms with Gasteiger partial charge in [0.2, 0.25) is 5.91 Å². The van der Waals surface area contributed by atoms with E-state index >= 15 is 0 Å². The molecule has 3 N–H and O–H groups in total. The van der Waals surface area contributed by atoms with Crippen molar-refractivity contribution in [2.75, 3.05) is 38.8 Å². The molecule has 1 aliphatic heterocycles. The molecule has 0 spiro atoms. The molecule has 0 bridgehead atoms. The van der Waals surface area contributed by atoms with Crippen molar-refractivity contribution in [1.29, 1.82) is 0 Å². The Morgan fingerprint density at radius 1 is 1.32 bits per heavy atom. The van der Waals surface area contributed by atoms with Gasteiger partial charge in [0.25, 0.3) is 0 Å². The van der Waals surface area contributed by atoms with E-state index in [4.69, 9.17) is 16.3 Å². The lowest BCUT2D eigenvalue weighted by Crippen LogP contribution is -2.41. The van der Waals surface area contributed by atoms with Crippen LogP contribution in [0, 0.1) is 0 Å². The fraction of sp³-hybridized carbons (Fsp3) is 0.556. The Hall–Kier alpha value is -2.00. The first-order valence-corrected chi connectivity index (χ1v) is 11.3. The zero-order valence-electron chi connectivity index (χ0n) is 16.1. The monoisotopic (exact) mass is 430 g/mol. The zero-order chi connectivity index (χ0) is 20.6. The molecule has 1 aromatic rings. The molecular formula is C18H27ClN4O4S. The van der Waals surface area contributed by atoms with E-state index in [0.29, 0.717) is 42.7 Å². The summed E-state index contributed by atoms with van der Waals surface area (Å²) >= 11 is 6.23. The SMILES string of the molecule is CN=C(NCCC(=O)NC1CCS(=O)(=O)C1)NCCc1ccc(OC)cc1Cl. The average Bonchev–Trinajstić information content (AvgIpc) is 2.99. The van der Waals surface area contributed by atoms with E-state index < -0.39 is 9.84 Å². The first-order valence-electron chi connectivity index (χ1n) is 9.09. The van der Waals surface area contributed by atoms with Gasteiger partial charge in [0, 0.05) is 37.6 Å². The minimum atomic E-state index is -3.00. The van der Waals surface area contributed by atoms with Crippen LogP contribution >= 0.6 is 11.6 Å². The lowest BCUT2D eigenvalue weighted by Gasteiger charge is -2.14. The van der Waals surface area contributed by atoms with Crippen LogP contribution in [0.2, 0.25) is 5.02 Å². The van der Waals surface area contributed by atoms with Gasteiger partial charge < -0.3 is 20.7 Å². The number of nitrogens with one attached hydrogen (secondary N) is 3. The quantitative estimate of drug-likeness (QED) is 0.415. The Morgan fingerprint density at radius 3 is 2.68 bits per heavy atom. The summed E-state index contributed by atoms with van der Waals surface area (Å²) in [5.74, 6) is 1.30. The van der Waals surface area contributed by atoms with E-state index in [9.17, 15) is 13.2 Å². The maximum Gasteiger partial charge on any atom is 0.222 e. The fourth-order valence-electron chi connectivity index (χ4n) is 2.90. The number of nitrogens with zero attached hydrogens (tertiary/aromatic N) is 1. The summed E-state index contributed by atoms with van der Waals surface area (Å²) in [4.78, 5) is 16.1. The van der Waals surface area contributed by atoms with Crippen molar-refractivity contribution in [3.63, 3.8) is 0 Å². The van der Waals surface area contributed by atoms with Crippen LogP contribution in [-0.4, -0.2) is 65.1 Å². The van der Waals surface area contributed by atoms with Gasteiger partial charge in [-0.3, -0.25) is 9.79 Å². The van der Waals surface area contributed by atoms with E-state index in [1.54, 1.807) is 20.2 Å². The molecule has 1 aromatic carbocycles. The van der Waals surface area contributed by atoms with E-state index in [1.165, 1.54) is 0 Å². The maximum atomic E-state index is 11.9. The normalized spacial score (nSPS) is 18.5. The molecule has 10 heteroatoms. The summed E-state index contributed by atoms with van der Waals surface area (Å²) in [5.41, 5.74) is 0.997. The Labute approximate surface area is 171 Å². The van der Waals surface area contributed by atoms with Gasteiger partial charge in [0.05, 0.1) is 18.6 Å². The van der Waals surface area contributed by atoms with Crippen LogP contribution in [0.1, 0.15) is 18.4 Å². The van der Waals surface area contributed by atoms with Crippen molar-refractivity contribution in [1.82, 2.24) is 16.0 Å². The lowest BCUT2D eigenvalue weighted by molar-refractivity contribution is -0.121. The van der Waals surface area contributed by atoms with Crippen LogP contribution < -0.4 is 20.7 Å². The number of halogens is 1. The molecule has 1 unspecified atom stereocenters. The topological polar surface area (TPSA) is 109 Å². The number of hydrogen-bond donors (Lipinski definition) is 3. The average molecular weight is 431 g/mol. The standard InChI is InChI=1S/C18H27ClN4O4S/c1-20-18(21-8-5-13-3-4-15(27-2)11-16(13)19)22-9-6-17(24)23-14-7-10-28(25,26)12-14/h3-4,11,14H,5-10,12H2,1-2H3,(H,23,24)(H2,20,21,22). The predicted octanol–water partition coefficient (Wildman–Crippen LogP) is 0.750. The molecule has 0 aliphatic carbocycles. The highest BCUT2D eigenvalue weighted by Crippen LogP contribution is 2.22. The molecular weight excluding hydrogens is 404 g/mol. The Balaban J connectivity index is 1.66. The first kappa shape index (κ1) is 22.3. The number of methoxy groups -OCH3 is 1. The van der Waals surface area contributed by atoms with E-state index in [0.717, 1.165) is 5.56 Å². The predicted molar refractivity (Wildman–Crippen MR) is 111 cm³/mol. The van der Waals surface area contributed by atoms with E-state index in [-0.39, 0.29) is 29.9 Å². The number of carbonyl (C=O) groups is 1. The maximum absolute atomic E-state index is 11.9. The Kier molecular flexibility index (Phi) is 8.37. The lowest BCUT2D eigenvalue weighted by atomic mass is 10.1. The number of carbonyl (C=O) groups excluding carboxylic acids is 1. The molecule has 28 heavy (non-hydrogen) atoms. The second kappa shape index (κ2) is 10.5. The third-order valence-electron chi connectivity index (χ3n) is 4.41. The molecule has 156 valence electrons. The van der Waals surface area contributed by atoms with Gasteiger partial charge >= 0.3 is 0 Å². The Bertz CT molecular complexity index is 814. The summed E-state index contributed by atoms with van der Waals surface area (Å²) in [7, 11) is 0.252. The second-order valence-corrected chi connectivity index (χ2v) is 9.19. The van der Waals surface area contributed by atoms with Crippen LogP contribution in [0.25, 0.3) is 0 Å². The van der Waals surface area contributed by atoms with Crippen molar-refractivity contribution < 1.29 is 17.9 Å². The van der Waals surface area contributed by atoms with Crippen molar-refractivity contribution in [3.8, 4) is 5.75 Å². The van der Waals surface area contributed by atoms with E-state index in [1.807, 2.05) is 12.1 Å². The van der Waals surface area contributed by atoms with Crippen molar-refractivity contribution >= 4 is 33.3 Å². The molecule has 0 radical (unpaired) electrons.